The number of nitrogens with one attached hydrogen (secondary N) is 1. The third kappa shape index (κ3) is 2.78. The summed E-state index contributed by atoms with van der Waals surface area (Å²) < 4.78 is 0. The molecule has 0 radical (unpaired) electrons. The first-order valence-corrected chi connectivity index (χ1v) is 7.15. The molecule has 0 aliphatic heterocycles. The lowest BCUT2D eigenvalue weighted by Gasteiger charge is -2.39. The molecule has 0 aromatic rings. The molecule has 2 fully saturated rings. The maximum atomic E-state index is 3.42. The highest BCUT2D eigenvalue weighted by Gasteiger charge is 2.35. The lowest BCUT2D eigenvalue weighted by molar-refractivity contribution is 0.112. The van der Waals surface area contributed by atoms with E-state index < -0.39 is 0 Å². The van der Waals surface area contributed by atoms with Crippen molar-refractivity contribution in [3.8, 4) is 0 Å². The summed E-state index contributed by atoms with van der Waals surface area (Å²) in [5, 5.41) is 3.42. The second kappa shape index (κ2) is 5.50. The van der Waals surface area contributed by atoms with Gasteiger partial charge in [-0.3, -0.25) is 0 Å². The minimum absolute atomic E-state index is 0.783. The van der Waals surface area contributed by atoms with Gasteiger partial charge in [-0.2, -0.15) is 0 Å². The van der Waals surface area contributed by atoms with Crippen LogP contribution in [-0.4, -0.2) is 37.1 Å². The number of nitrogens with zero attached hydrogens (tertiary/aromatic N) is 1. The first-order valence-electron chi connectivity index (χ1n) is 7.15. The summed E-state index contributed by atoms with van der Waals surface area (Å²) in [5.74, 6) is 1.03. The Kier molecular flexibility index (Phi) is 4.26. The molecule has 16 heavy (non-hydrogen) atoms. The van der Waals surface area contributed by atoms with Crippen LogP contribution in [0.3, 0.4) is 0 Å². The first-order chi connectivity index (χ1) is 7.76. The standard InChI is InChI=1S/C14H28N2/c1-4-14(11-5-6-11)16(3)13-9-7-12(15-2)8-10-13/h11-15H,4-10H2,1-3H3. The monoisotopic (exact) mass is 224 g/mol. The van der Waals surface area contributed by atoms with Crippen molar-refractivity contribution in [2.45, 2.75) is 70.0 Å². The maximum Gasteiger partial charge on any atom is 0.0121 e. The molecule has 0 spiro atoms. The van der Waals surface area contributed by atoms with E-state index in [4.69, 9.17) is 0 Å². The van der Waals surface area contributed by atoms with Crippen molar-refractivity contribution in [2.75, 3.05) is 14.1 Å². The van der Waals surface area contributed by atoms with E-state index >= 15 is 0 Å². The van der Waals surface area contributed by atoms with Crippen LogP contribution < -0.4 is 5.32 Å². The van der Waals surface area contributed by atoms with E-state index in [-0.39, 0.29) is 0 Å². The van der Waals surface area contributed by atoms with Gasteiger partial charge >= 0.3 is 0 Å². The van der Waals surface area contributed by atoms with E-state index in [1.54, 1.807) is 0 Å². The molecule has 0 aromatic carbocycles. The van der Waals surface area contributed by atoms with Gasteiger partial charge in [-0.15, -0.1) is 0 Å². The molecule has 1 atom stereocenters. The van der Waals surface area contributed by atoms with E-state index in [1.807, 2.05) is 0 Å². The average molecular weight is 224 g/mol. The maximum absolute atomic E-state index is 3.42. The Morgan fingerprint density at radius 3 is 2.19 bits per heavy atom. The van der Waals surface area contributed by atoms with Gasteiger partial charge in [0.15, 0.2) is 0 Å². The summed E-state index contributed by atoms with van der Waals surface area (Å²) in [6, 6.07) is 2.51. The molecule has 1 N–H and O–H groups in total. The molecule has 0 amide bonds. The number of rotatable bonds is 5. The van der Waals surface area contributed by atoms with E-state index in [2.05, 4.69) is 31.2 Å². The molecule has 0 aromatic heterocycles. The molecule has 2 nitrogen and oxygen atoms in total. The summed E-state index contributed by atoms with van der Waals surface area (Å²) in [7, 11) is 4.48. The normalized spacial score (nSPS) is 33.0. The predicted molar refractivity (Wildman–Crippen MR) is 69.7 cm³/mol. The smallest absolute Gasteiger partial charge is 0.0121 e. The molecular weight excluding hydrogens is 196 g/mol. The summed E-state index contributed by atoms with van der Waals surface area (Å²) >= 11 is 0. The Morgan fingerprint density at radius 1 is 1.12 bits per heavy atom. The molecule has 0 saturated heterocycles. The molecule has 2 heteroatoms. The fourth-order valence-electron chi connectivity index (χ4n) is 3.48. The number of hydrogen-bond acceptors (Lipinski definition) is 2. The summed E-state index contributed by atoms with van der Waals surface area (Å²) in [6.45, 7) is 2.36. The lowest BCUT2D eigenvalue weighted by atomic mass is 9.89. The third-order valence-corrected chi connectivity index (χ3v) is 4.79. The van der Waals surface area contributed by atoms with Gasteiger partial charge < -0.3 is 10.2 Å². The highest BCUT2D eigenvalue weighted by atomic mass is 15.2. The molecule has 0 bridgehead atoms. The van der Waals surface area contributed by atoms with Crippen molar-refractivity contribution in [1.29, 1.82) is 0 Å². The highest BCUT2D eigenvalue weighted by Crippen LogP contribution is 2.38. The van der Waals surface area contributed by atoms with Gasteiger partial charge in [-0.25, -0.2) is 0 Å². The quantitative estimate of drug-likeness (QED) is 0.772. The molecule has 2 rings (SSSR count). The molecular formula is C14H28N2. The van der Waals surface area contributed by atoms with E-state index in [0.29, 0.717) is 0 Å². The second-order valence-corrected chi connectivity index (χ2v) is 5.77. The van der Waals surface area contributed by atoms with Crippen molar-refractivity contribution >= 4 is 0 Å². The van der Waals surface area contributed by atoms with Crippen LogP contribution in [0.5, 0.6) is 0 Å². The van der Waals surface area contributed by atoms with E-state index in [1.165, 1.54) is 44.9 Å². The Labute approximate surface area is 101 Å². The Hall–Kier alpha value is -0.0800. The minimum atomic E-state index is 0.783. The average Bonchev–Trinajstić information content (AvgIpc) is 3.14. The molecule has 2 aliphatic rings. The summed E-state index contributed by atoms with van der Waals surface area (Å²) in [4.78, 5) is 2.71. The van der Waals surface area contributed by atoms with Crippen molar-refractivity contribution in [2.24, 2.45) is 5.92 Å². The predicted octanol–water partition coefficient (Wildman–Crippen LogP) is 2.64. The number of hydrogen-bond donors (Lipinski definition) is 1. The fraction of sp³-hybridized carbons (Fsp3) is 1.00. The fourth-order valence-corrected chi connectivity index (χ4v) is 3.48. The van der Waals surface area contributed by atoms with Crippen LogP contribution in [0.2, 0.25) is 0 Å². The molecule has 2 saturated carbocycles. The van der Waals surface area contributed by atoms with Gasteiger partial charge in [0.1, 0.15) is 0 Å². The molecule has 1 unspecified atom stereocenters. The highest BCUT2D eigenvalue weighted by molar-refractivity contribution is 4.90. The zero-order valence-electron chi connectivity index (χ0n) is 11.2. The Bertz CT molecular complexity index is 205. The van der Waals surface area contributed by atoms with Gasteiger partial charge in [0.2, 0.25) is 0 Å². The zero-order chi connectivity index (χ0) is 11.5. The van der Waals surface area contributed by atoms with E-state index in [0.717, 1.165) is 24.0 Å². The Morgan fingerprint density at radius 2 is 1.75 bits per heavy atom. The van der Waals surface area contributed by atoms with Gasteiger partial charge in [0.05, 0.1) is 0 Å². The van der Waals surface area contributed by atoms with Crippen molar-refractivity contribution in [3.63, 3.8) is 0 Å². The third-order valence-electron chi connectivity index (χ3n) is 4.79. The first kappa shape index (κ1) is 12.4. The van der Waals surface area contributed by atoms with Crippen molar-refractivity contribution < 1.29 is 0 Å². The van der Waals surface area contributed by atoms with Crippen LogP contribution in [0, 0.1) is 5.92 Å². The van der Waals surface area contributed by atoms with Gasteiger partial charge in [-0.1, -0.05) is 6.92 Å². The molecule has 2 aliphatic carbocycles. The van der Waals surface area contributed by atoms with Crippen molar-refractivity contribution in [1.82, 2.24) is 10.2 Å². The second-order valence-electron chi connectivity index (χ2n) is 5.77. The van der Waals surface area contributed by atoms with Crippen LogP contribution in [0.15, 0.2) is 0 Å². The summed E-state index contributed by atoms with van der Waals surface area (Å²) in [5.41, 5.74) is 0. The SMILES string of the molecule is CCC(C1CC1)N(C)C1CCC(NC)CC1. The van der Waals surface area contributed by atoms with Gasteiger partial charge in [0, 0.05) is 18.1 Å². The summed E-state index contributed by atoms with van der Waals surface area (Å²) in [6.07, 6.45) is 9.83. The lowest BCUT2D eigenvalue weighted by Crippen LogP contribution is -2.45. The van der Waals surface area contributed by atoms with Crippen LogP contribution in [-0.2, 0) is 0 Å². The largest absolute Gasteiger partial charge is 0.317 e. The van der Waals surface area contributed by atoms with Crippen LogP contribution in [0.25, 0.3) is 0 Å². The minimum Gasteiger partial charge on any atom is -0.317 e. The van der Waals surface area contributed by atoms with E-state index in [9.17, 15) is 0 Å². The van der Waals surface area contributed by atoms with Gasteiger partial charge in [-0.05, 0) is 65.0 Å². The van der Waals surface area contributed by atoms with Crippen LogP contribution >= 0.6 is 0 Å². The molecule has 0 heterocycles. The van der Waals surface area contributed by atoms with Gasteiger partial charge in [0.25, 0.3) is 0 Å². The molecule has 94 valence electrons. The zero-order valence-corrected chi connectivity index (χ0v) is 11.2. The van der Waals surface area contributed by atoms with Crippen molar-refractivity contribution in [3.05, 3.63) is 0 Å². The van der Waals surface area contributed by atoms with Crippen LogP contribution in [0.4, 0.5) is 0 Å². The Balaban J connectivity index is 1.82. The topological polar surface area (TPSA) is 15.3 Å². The van der Waals surface area contributed by atoms with Crippen LogP contribution in [0.1, 0.15) is 51.9 Å².